The van der Waals surface area contributed by atoms with Crippen molar-refractivity contribution in [2.24, 2.45) is 5.92 Å². The summed E-state index contributed by atoms with van der Waals surface area (Å²) in [4.78, 5) is 17.1. The van der Waals surface area contributed by atoms with Crippen LogP contribution in [0.1, 0.15) is 57.3 Å². The zero-order valence-corrected chi connectivity index (χ0v) is 13.7. The molecule has 22 heavy (non-hydrogen) atoms. The van der Waals surface area contributed by atoms with Crippen molar-refractivity contribution in [2.45, 2.75) is 51.5 Å². The van der Waals surface area contributed by atoms with Crippen molar-refractivity contribution in [3.05, 3.63) is 24.2 Å². The molecular weight excluding hydrogens is 276 g/mol. The zero-order chi connectivity index (χ0) is 15.4. The third kappa shape index (κ3) is 3.72. The zero-order valence-electron chi connectivity index (χ0n) is 13.7. The maximum absolute atomic E-state index is 12.7. The number of hydrogen-bond donors (Lipinski definition) is 0. The maximum atomic E-state index is 12.7. The molecule has 0 bridgehead atoms. The second-order valence-corrected chi connectivity index (χ2v) is 6.91. The number of likely N-dealkylation sites (tertiary alicyclic amines) is 2. The highest BCUT2D eigenvalue weighted by Crippen LogP contribution is 2.30. The lowest BCUT2D eigenvalue weighted by atomic mass is 9.99. The normalized spacial score (nSPS) is 25.1. The molecule has 2 fully saturated rings. The molecule has 0 aromatic carbocycles. The molecule has 4 heteroatoms. The topological polar surface area (TPSA) is 36.7 Å². The van der Waals surface area contributed by atoms with E-state index in [2.05, 4.69) is 22.8 Å². The lowest BCUT2D eigenvalue weighted by Gasteiger charge is -2.34. The number of furan rings is 1. The van der Waals surface area contributed by atoms with Gasteiger partial charge < -0.3 is 9.32 Å². The molecule has 0 N–H and O–H groups in total. The second kappa shape index (κ2) is 7.32. The van der Waals surface area contributed by atoms with Gasteiger partial charge in [-0.15, -0.1) is 0 Å². The molecule has 1 aromatic rings. The molecule has 0 aliphatic carbocycles. The lowest BCUT2D eigenvalue weighted by Crippen LogP contribution is -2.44. The van der Waals surface area contributed by atoms with E-state index in [1.807, 2.05) is 6.07 Å². The largest absolute Gasteiger partial charge is 0.468 e. The highest BCUT2D eigenvalue weighted by atomic mass is 16.3. The van der Waals surface area contributed by atoms with Crippen molar-refractivity contribution < 1.29 is 9.21 Å². The molecular formula is C18H28N2O2. The molecule has 4 nitrogen and oxygen atoms in total. The minimum atomic E-state index is 0.269. The first kappa shape index (κ1) is 15.6. The molecule has 2 aliphatic heterocycles. The summed E-state index contributed by atoms with van der Waals surface area (Å²) in [7, 11) is 0. The molecule has 2 saturated heterocycles. The third-order valence-corrected chi connectivity index (χ3v) is 5.21. The molecule has 0 saturated carbocycles. The highest BCUT2D eigenvalue weighted by Gasteiger charge is 2.28. The SMILES string of the molecule is CC1CCN(C(=O)CN2CCCCCC2c2ccco2)CC1. The van der Waals surface area contributed by atoms with Crippen LogP contribution in [0.25, 0.3) is 0 Å². The summed E-state index contributed by atoms with van der Waals surface area (Å²) in [5.41, 5.74) is 0. The molecule has 3 heterocycles. The fraction of sp³-hybridized carbons (Fsp3) is 0.722. The van der Waals surface area contributed by atoms with Gasteiger partial charge in [-0.05, 0) is 50.3 Å². The third-order valence-electron chi connectivity index (χ3n) is 5.21. The van der Waals surface area contributed by atoms with Gasteiger partial charge in [-0.2, -0.15) is 0 Å². The summed E-state index contributed by atoms with van der Waals surface area (Å²) in [6.07, 6.45) is 8.78. The van der Waals surface area contributed by atoms with Crippen LogP contribution >= 0.6 is 0 Å². The van der Waals surface area contributed by atoms with E-state index < -0.39 is 0 Å². The van der Waals surface area contributed by atoms with Crippen LogP contribution in [-0.4, -0.2) is 41.9 Å². The van der Waals surface area contributed by atoms with E-state index >= 15 is 0 Å². The van der Waals surface area contributed by atoms with E-state index in [9.17, 15) is 4.79 Å². The van der Waals surface area contributed by atoms with Gasteiger partial charge in [-0.1, -0.05) is 19.8 Å². The predicted molar refractivity (Wildman–Crippen MR) is 86.5 cm³/mol. The predicted octanol–water partition coefficient (Wildman–Crippen LogP) is 3.46. The van der Waals surface area contributed by atoms with Crippen molar-refractivity contribution in [3.63, 3.8) is 0 Å². The molecule has 1 atom stereocenters. The first-order chi connectivity index (χ1) is 10.7. The van der Waals surface area contributed by atoms with E-state index in [0.717, 1.165) is 50.6 Å². The molecule has 3 rings (SSSR count). The van der Waals surface area contributed by atoms with Gasteiger partial charge in [0, 0.05) is 13.1 Å². The van der Waals surface area contributed by atoms with Crippen molar-refractivity contribution >= 4 is 5.91 Å². The van der Waals surface area contributed by atoms with Crippen molar-refractivity contribution in [1.29, 1.82) is 0 Å². The number of piperidine rings is 1. The molecule has 0 spiro atoms. The maximum Gasteiger partial charge on any atom is 0.236 e. The van der Waals surface area contributed by atoms with Crippen LogP contribution in [0.4, 0.5) is 0 Å². The quantitative estimate of drug-likeness (QED) is 0.858. The summed E-state index contributed by atoms with van der Waals surface area (Å²) in [6.45, 7) is 5.68. The van der Waals surface area contributed by atoms with Crippen LogP contribution in [0.15, 0.2) is 22.8 Å². The fourth-order valence-electron chi connectivity index (χ4n) is 3.69. The number of hydrogen-bond acceptors (Lipinski definition) is 3. The minimum absolute atomic E-state index is 0.269. The Morgan fingerprint density at radius 2 is 2.00 bits per heavy atom. The Morgan fingerprint density at radius 3 is 2.73 bits per heavy atom. The summed E-state index contributed by atoms with van der Waals surface area (Å²) in [6, 6.07) is 4.27. The average molecular weight is 304 g/mol. The van der Waals surface area contributed by atoms with Crippen LogP contribution in [0, 0.1) is 5.92 Å². The van der Waals surface area contributed by atoms with Crippen LogP contribution in [-0.2, 0) is 4.79 Å². The molecule has 1 unspecified atom stereocenters. The molecule has 0 radical (unpaired) electrons. The molecule has 1 aromatic heterocycles. The Labute approximate surface area is 133 Å². The molecule has 122 valence electrons. The van der Waals surface area contributed by atoms with E-state index in [4.69, 9.17) is 4.42 Å². The number of carbonyl (C=O) groups is 1. The Bertz CT molecular complexity index is 463. The Kier molecular flexibility index (Phi) is 5.19. The van der Waals surface area contributed by atoms with Crippen LogP contribution in [0.2, 0.25) is 0 Å². The van der Waals surface area contributed by atoms with Gasteiger partial charge >= 0.3 is 0 Å². The summed E-state index contributed by atoms with van der Waals surface area (Å²) in [5, 5.41) is 0. The van der Waals surface area contributed by atoms with E-state index in [-0.39, 0.29) is 6.04 Å². The first-order valence-corrected chi connectivity index (χ1v) is 8.79. The van der Waals surface area contributed by atoms with Gasteiger partial charge in [0.05, 0.1) is 18.8 Å². The summed E-state index contributed by atoms with van der Waals surface area (Å²) in [5.74, 6) is 2.07. The monoisotopic (exact) mass is 304 g/mol. The van der Waals surface area contributed by atoms with Gasteiger partial charge in [0.25, 0.3) is 0 Å². The van der Waals surface area contributed by atoms with E-state index in [1.165, 1.54) is 19.3 Å². The van der Waals surface area contributed by atoms with Gasteiger partial charge in [0.1, 0.15) is 5.76 Å². The molecule has 2 aliphatic rings. The highest BCUT2D eigenvalue weighted by molar-refractivity contribution is 5.78. The van der Waals surface area contributed by atoms with E-state index in [1.54, 1.807) is 6.26 Å². The van der Waals surface area contributed by atoms with Crippen LogP contribution in [0.3, 0.4) is 0 Å². The van der Waals surface area contributed by atoms with Crippen LogP contribution in [0.5, 0.6) is 0 Å². The first-order valence-electron chi connectivity index (χ1n) is 8.79. The number of rotatable bonds is 3. The minimum Gasteiger partial charge on any atom is -0.468 e. The number of nitrogens with zero attached hydrogens (tertiary/aromatic N) is 2. The van der Waals surface area contributed by atoms with Crippen LogP contribution < -0.4 is 0 Å². The second-order valence-electron chi connectivity index (χ2n) is 6.91. The summed E-state index contributed by atoms with van der Waals surface area (Å²) < 4.78 is 5.63. The van der Waals surface area contributed by atoms with Crippen molar-refractivity contribution in [1.82, 2.24) is 9.80 Å². The van der Waals surface area contributed by atoms with Crippen molar-refractivity contribution in [2.75, 3.05) is 26.2 Å². The van der Waals surface area contributed by atoms with E-state index in [0.29, 0.717) is 12.5 Å². The molecule has 1 amide bonds. The fourth-order valence-corrected chi connectivity index (χ4v) is 3.69. The Balaban J connectivity index is 1.64. The number of amides is 1. The summed E-state index contributed by atoms with van der Waals surface area (Å²) >= 11 is 0. The standard InChI is InChI=1S/C18H28N2O2/c1-15-8-11-19(12-9-15)18(21)14-20-10-4-2-3-6-16(20)17-7-5-13-22-17/h5,7,13,15-16H,2-4,6,8-12,14H2,1H3. The van der Waals surface area contributed by atoms with Crippen molar-refractivity contribution in [3.8, 4) is 0 Å². The lowest BCUT2D eigenvalue weighted by molar-refractivity contribution is -0.134. The van der Waals surface area contributed by atoms with Gasteiger partial charge in [0.15, 0.2) is 0 Å². The van der Waals surface area contributed by atoms with Gasteiger partial charge in [-0.3, -0.25) is 9.69 Å². The smallest absolute Gasteiger partial charge is 0.236 e. The average Bonchev–Trinajstić information content (AvgIpc) is 2.95. The Morgan fingerprint density at radius 1 is 1.18 bits per heavy atom. The number of carbonyl (C=O) groups excluding carboxylic acids is 1. The van der Waals surface area contributed by atoms with Gasteiger partial charge in [-0.25, -0.2) is 0 Å². The Hall–Kier alpha value is -1.29. The van der Waals surface area contributed by atoms with Gasteiger partial charge in [0.2, 0.25) is 5.91 Å².